The molecule has 170 valence electrons. The zero-order valence-electron chi connectivity index (χ0n) is 16.6. The SMILES string of the molecule is O=C(O)CSCC(=O)N[C@H]1CO[C@H]2[C@@H]1OC[C@@H]2n1nnnc1Oc1ccc2c(c1)OCO2. The van der Waals surface area contributed by atoms with E-state index in [1.54, 1.807) is 18.2 Å². The molecule has 0 saturated carbocycles. The number of nitrogens with zero attached hydrogens (tertiary/aromatic N) is 4. The topological polar surface area (TPSA) is 156 Å². The van der Waals surface area contributed by atoms with Crippen LogP contribution in [0.1, 0.15) is 6.04 Å². The van der Waals surface area contributed by atoms with Crippen LogP contribution in [-0.4, -0.2) is 87.0 Å². The third-order valence-electron chi connectivity index (χ3n) is 5.16. The number of benzene rings is 1. The van der Waals surface area contributed by atoms with Crippen molar-refractivity contribution in [1.82, 2.24) is 25.5 Å². The summed E-state index contributed by atoms with van der Waals surface area (Å²) in [7, 11) is 0. The largest absolute Gasteiger partial charge is 0.481 e. The monoisotopic (exact) mass is 465 g/mol. The minimum absolute atomic E-state index is 0.0458. The Morgan fingerprint density at radius 3 is 2.91 bits per heavy atom. The van der Waals surface area contributed by atoms with Crippen LogP contribution >= 0.6 is 11.8 Å². The van der Waals surface area contributed by atoms with Gasteiger partial charge >= 0.3 is 12.0 Å². The van der Waals surface area contributed by atoms with E-state index in [4.69, 9.17) is 28.8 Å². The van der Waals surface area contributed by atoms with Gasteiger partial charge in [-0.05, 0) is 22.6 Å². The van der Waals surface area contributed by atoms with Gasteiger partial charge in [0.15, 0.2) is 11.5 Å². The zero-order chi connectivity index (χ0) is 22.1. The van der Waals surface area contributed by atoms with Crippen LogP contribution in [0.15, 0.2) is 18.2 Å². The maximum atomic E-state index is 12.1. The Morgan fingerprint density at radius 2 is 2.03 bits per heavy atom. The maximum Gasteiger partial charge on any atom is 0.341 e. The van der Waals surface area contributed by atoms with E-state index in [-0.39, 0.29) is 67.7 Å². The first-order chi connectivity index (χ1) is 15.6. The number of ether oxygens (including phenoxy) is 5. The molecule has 4 atom stereocenters. The number of carboxylic acid groups (broad SMARTS) is 1. The summed E-state index contributed by atoms with van der Waals surface area (Å²) in [6.45, 7) is 0.700. The summed E-state index contributed by atoms with van der Waals surface area (Å²) in [5.41, 5.74) is 0. The Morgan fingerprint density at radius 1 is 1.19 bits per heavy atom. The summed E-state index contributed by atoms with van der Waals surface area (Å²) in [5.74, 6) is 0.371. The number of amides is 1. The Labute approximate surface area is 185 Å². The number of carbonyl (C=O) groups is 2. The lowest BCUT2D eigenvalue weighted by Gasteiger charge is -2.18. The average molecular weight is 465 g/mol. The number of tetrazole rings is 1. The van der Waals surface area contributed by atoms with Gasteiger partial charge in [0.05, 0.1) is 30.8 Å². The highest BCUT2D eigenvalue weighted by atomic mass is 32.2. The van der Waals surface area contributed by atoms with Crippen molar-refractivity contribution in [2.45, 2.75) is 24.3 Å². The molecule has 0 aliphatic carbocycles. The van der Waals surface area contributed by atoms with Crippen LogP contribution in [0.25, 0.3) is 0 Å². The number of rotatable bonds is 8. The molecule has 2 N–H and O–H groups in total. The van der Waals surface area contributed by atoms with Gasteiger partial charge < -0.3 is 34.1 Å². The first kappa shape index (κ1) is 20.8. The predicted octanol–water partition coefficient (Wildman–Crippen LogP) is -0.165. The van der Waals surface area contributed by atoms with E-state index in [9.17, 15) is 9.59 Å². The number of carboxylic acids is 1. The summed E-state index contributed by atoms with van der Waals surface area (Å²) in [6.07, 6.45) is -0.759. The lowest BCUT2D eigenvalue weighted by Crippen LogP contribution is -2.44. The second kappa shape index (κ2) is 8.80. The van der Waals surface area contributed by atoms with Gasteiger partial charge in [-0.25, -0.2) is 0 Å². The van der Waals surface area contributed by atoms with E-state index >= 15 is 0 Å². The molecule has 1 aromatic carbocycles. The second-order valence-corrected chi connectivity index (χ2v) is 8.23. The molecule has 1 amide bonds. The number of fused-ring (bicyclic) bond motifs is 2. The lowest BCUT2D eigenvalue weighted by molar-refractivity contribution is -0.133. The highest BCUT2D eigenvalue weighted by Crippen LogP contribution is 2.38. The number of hydrogen-bond donors (Lipinski definition) is 2. The molecule has 1 aromatic heterocycles. The number of aromatic nitrogens is 4. The predicted molar refractivity (Wildman–Crippen MR) is 106 cm³/mol. The van der Waals surface area contributed by atoms with Gasteiger partial charge in [0.25, 0.3) is 0 Å². The second-order valence-electron chi connectivity index (χ2n) is 7.25. The summed E-state index contributed by atoms with van der Waals surface area (Å²) in [4.78, 5) is 22.7. The third kappa shape index (κ3) is 4.16. The normalized spacial score (nSPS) is 25.5. The molecule has 0 bridgehead atoms. The number of nitrogens with one attached hydrogen (secondary N) is 1. The third-order valence-corrected chi connectivity index (χ3v) is 6.08. The van der Waals surface area contributed by atoms with Crippen molar-refractivity contribution in [3.05, 3.63) is 18.2 Å². The van der Waals surface area contributed by atoms with Gasteiger partial charge in [-0.3, -0.25) is 9.59 Å². The van der Waals surface area contributed by atoms with E-state index in [0.717, 1.165) is 11.8 Å². The Kier molecular flexibility index (Phi) is 5.71. The first-order valence-corrected chi connectivity index (χ1v) is 10.9. The molecule has 2 saturated heterocycles. The standard InChI is InChI=1S/C18H19N5O8S/c24-14(6-32-7-15(25)26)19-10-4-27-17-11(5-28-16(10)17)23-18(20-21-22-23)31-9-1-2-12-13(3-9)30-8-29-12/h1-3,10-11,16-17H,4-8H2,(H,19,24)(H,25,26)/t10-,11-,16+,17+/m0/s1. The van der Waals surface area contributed by atoms with Crippen molar-refractivity contribution < 1.29 is 38.4 Å². The number of carbonyl (C=O) groups excluding carboxylic acids is 1. The molecule has 3 aliphatic heterocycles. The van der Waals surface area contributed by atoms with Crippen molar-refractivity contribution in [3.8, 4) is 23.3 Å². The molecular weight excluding hydrogens is 446 g/mol. The molecule has 0 spiro atoms. The average Bonchev–Trinajstić information content (AvgIpc) is 3.53. The van der Waals surface area contributed by atoms with Gasteiger partial charge in [0.1, 0.15) is 24.0 Å². The fourth-order valence-electron chi connectivity index (χ4n) is 3.80. The molecule has 13 nitrogen and oxygen atoms in total. The van der Waals surface area contributed by atoms with Gasteiger partial charge in [-0.2, -0.15) is 4.68 Å². The molecule has 14 heteroatoms. The van der Waals surface area contributed by atoms with Crippen molar-refractivity contribution in [2.24, 2.45) is 0 Å². The Hall–Kier alpha value is -3.10. The summed E-state index contributed by atoms with van der Waals surface area (Å²) in [6, 6.07) is 4.62. The van der Waals surface area contributed by atoms with E-state index < -0.39 is 5.97 Å². The number of aliphatic carboxylic acids is 1. The van der Waals surface area contributed by atoms with Gasteiger partial charge in [0, 0.05) is 6.07 Å². The molecule has 4 heterocycles. The van der Waals surface area contributed by atoms with Gasteiger partial charge in [-0.15, -0.1) is 11.8 Å². The van der Waals surface area contributed by atoms with Crippen LogP contribution < -0.4 is 19.5 Å². The van der Waals surface area contributed by atoms with Gasteiger partial charge in [0.2, 0.25) is 12.7 Å². The molecule has 2 aromatic rings. The first-order valence-electron chi connectivity index (χ1n) is 9.76. The molecular formula is C18H19N5O8S. The number of thioether (sulfide) groups is 1. The van der Waals surface area contributed by atoms with Gasteiger partial charge in [-0.1, -0.05) is 5.10 Å². The quantitative estimate of drug-likeness (QED) is 0.532. The zero-order valence-corrected chi connectivity index (χ0v) is 17.4. The van der Waals surface area contributed by atoms with Crippen LogP contribution in [0.4, 0.5) is 0 Å². The summed E-state index contributed by atoms with van der Waals surface area (Å²) in [5, 5.41) is 23.2. The molecule has 0 radical (unpaired) electrons. The molecule has 32 heavy (non-hydrogen) atoms. The van der Waals surface area contributed by atoms with Crippen molar-refractivity contribution in [2.75, 3.05) is 31.5 Å². The molecule has 2 fully saturated rings. The number of hydrogen-bond acceptors (Lipinski definition) is 11. The highest BCUT2D eigenvalue weighted by molar-refractivity contribution is 8.00. The highest BCUT2D eigenvalue weighted by Gasteiger charge is 2.50. The van der Waals surface area contributed by atoms with Crippen LogP contribution in [-0.2, 0) is 19.1 Å². The van der Waals surface area contributed by atoms with Crippen molar-refractivity contribution in [1.29, 1.82) is 0 Å². The Bertz CT molecular complexity index is 1020. The lowest BCUT2D eigenvalue weighted by atomic mass is 10.1. The van der Waals surface area contributed by atoms with Crippen LogP contribution in [0.5, 0.6) is 23.3 Å². The maximum absolute atomic E-state index is 12.1. The van der Waals surface area contributed by atoms with Crippen molar-refractivity contribution >= 4 is 23.6 Å². The smallest absolute Gasteiger partial charge is 0.341 e. The van der Waals surface area contributed by atoms with Crippen LogP contribution in [0.2, 0.25) is 0 Å². The Balaban J connectivity index is 1.22. The minimum Gasteiger partial charge on any atom is -0.481 e. The fourth-order valence-corrected chi connectivity index (χ4v) is 4.34. The summed E-state index contributed by atoms with van der Waals surface area (Å²) < 4.78 is 29.8. The minimum atomic E-state index is -0.964. The van der Waals surface area contributed by atoms with E-state index in [1.807, 2.05) is 0 Å². The van der Waals surface area contributed by atoms with E-state index in [0.29, 0.717) is 17.2 Å². The van der Waals surface area contributed by atoms with E-state index in [2.05, 4.69) is 20.8 Å². The van der Waals surface area contributed by atoms with Crippen LogP contribution in [0.3, 0.4) is 0 Å². The fraction of sp³-hybridized carbons (Fsp3) is 0.500. The summed E-state index contributed by atoms with van der Waals surface area (Å²) >= 11 is 1.03. The molecule has 0 unspecified atom stereocenters. The van der Waals surface area contributed by atoms with Crippen molar-refractivity contribution in [3.63, 3.8) is 0 Å². The molecule has 5 rings (SSSR count). The molecule has 3 aliphatic rings. The van der Waals surface area contributed by atoms with E-state index in [1.165, 1.54) is 4.68 Å². The van der Waals surface area contributed by atoms with Crippen LogP contribution in [0, 0.1) is 0 Å².